The highest BCUT2D eigenvalue weighted by Crippen LogP contribution is 2.35. The molecule has 4 nitrogen and oxygen atoms in total. The Morgan fingerprint density at radius 3 is 3.00 bits per heavy atom. The minimum absolute atomic E-state index is 0.132. The first-order valence-corrected chi connectivity index (χ1v) is 7.44. The number of nitrogens with one attached hydrogen (secondary N) is 1. The minimum atomic E-state index is -0.132. The van der Waals surface area contributed by atoms with Crippen LogP contribution in [0.2, 0.25) is 10.0 Å². The van der Waals surface area contributed by atoms with E-state index < -0.39 is 0 Å². The van der Waals surface area contributed by atoms with Crippen LogP contribution in [0.5, 0.6) is 5.75 Å². The zero-order valence-corrected chi connectivity index (χ0v) is 12.8. The molecule has 21 heavy (non-hydrogen) atoms. The molecule has 0 saturated carbocycles. The maximum atomic E-state index is 6.20. The van der Waals surface area contributed by atoms with Crippen molar-refractivity contribution in [3.8, 4) is 5.75 Å². The first-order chi connectivity index (χ1) is 10.2. The fourth-order valence-electron chi connectivity index (χ4n) is 2.64. The number of fused-ring (bicyclic) bond motifs is 1. The average molecular weight is 324 g/mol. The molecule has 0 amide bonds. The Balaban J connectivity index is 1.94. The summed E-state index contributed by atoms with van der Waals surface area (Å²) in [7, 11) is 0. The predicted octanol–water partition coefficient (Wildman–Crippen LogP) is 3.07. The van der Waals surface area contributed by atoms with Gasteiger partial charge < -0.3 is 4.74 Å². The highest BCUT2D eigenvalue weighted by molar-refractivity contribution is 6.31. The standard InChI is InChI=1S/C15H15Cl2N3O/c16-11-5-9-2-4-21-15(9)10(6-11)7-14(20-18)12-1-3-19-8-13(12)17/h1,3,5-6,8,14,20H,2,4,7,18H2. The van der Waals surface area contributed by atoms with Crippen LogP contribution in [0.1, 0.15) is 22.7 Å². The molecule has 0 aliphatic carbocycles. The summed E-state index contributed by atoms with van der Waals surface area (Å²) in [6, 6.07) is 5.61. The molecule has 0 radical (unpaired) electrons. The summed E-state index contributed by atoms with van der Waals surface area (Å²) < 4.78 is 5.72. The monoisotopic (exact) mass is 323 g/mol. The van der Waals surface area contributed by atoms with E-state index in [0.29, 0.717) is 23.1 Å². The predicted molar refractivity (Wildman–Crippen MR) is 83.7 cm³/mol. The average Bonchev–Trinajstić information content (AvgIpc) is 2.93. The smallest absolute Gasteiger partial charge is 0.125 e. The molecule has 6 heteroatoms. The third-order valence-corrected chi connectivity index (χ3v) is 4.16. The molecule has 0 saturated heterocycles. The van der Waals surface area contributed by atoms with Crippen LogP contribution in [0.25, 0.3) is 0 Å². The number of aromatic nitrogens is 1. The van der Waals surface area contributed by atoms with E-state index in [4.69, 9.17) is 33.8 Å². The van der Waals surface area contributed by atoms with E-state index in [1.807, 2.05) is 18.2 Å². The molecule has 110 valence electrons. The maximum absolute atomic E-state index is 6.20. The van der Waals surface area contributed by atoms with Crippen LogP contribution in [0.4, 0.5) is 0 Å². The molecular weight excluding hydrogens is 309 g/mol. The summed E-state index contributed by atoms with van der Waals surface area (Å²) >= 11 is 12.4. The van der Waals surface area contributed by atoms with E-state index >= 15 is 0 Å². The Hall–Kier alpha value is -1.33. The summed E-state index contributed by atoms with van der Waals surface area (Å²) in [5.74, 6) is 6.62. The fraction of sp³-hybridized carbons (Fsp3) is 0.267. The second kappa shape index (κ2) is 6.20. The zero-order chi connectivity index (χ0) is 14.8. The van der Waals surface area contributed by atoms with Crippen LogP contribution in [0.15, 0.2) is 30.6 Å². The molecular formula is C15H15Cl2N3O. The molecule has 1 aromatic heterocycles. The van der Waals surface area contributed by atoms with Crippen LogP contribution in [-0.2, 0) is 12.8 Å². The molecule has 1 aliphatic rings. The Kier molecular flexibility index (Phi) is 4.31. The van der Waals surface area contributed by atoms with Gasteiger partial charge in [0.1, 0.15) is 5.75 Å². The number of hydrogen-bond acceptors (Lipinski definition) is 4. The van der Waals surface area contributed by atoms with Crippen molar-refractivity contribution in [3.05, 3.63) is 57.3 Å². The lowest BCUT2D eigenvalue weighted by molar-refractivity contribution is 0.351. The lowest BCUT2D eigenvalue weighted by atomic mass is 9.97. The van der Waals surface area contributed by atoms with Gasteiger partial charge in [0.25, 0.3) is 0 Å². The van der Waals surface area contributed by atoms with Gasteiger partial charge in [-0.2, -0.15) is 0 Å². The fourth-order valence-corrected chi connectivity index (χ4v) is 3.16. The molecule has 1 aromatic carbocycles. The summed E-state index contributed by atoms with van der Waals surface area (Å²) in [5, 5.41) is 1.30. The van der Waals surface area contributed by atoms with Gasteiger partial charge in [0.2, 0.25) is 0 Å². The van der Waals surface area contributed by atoms with Gasteiger partial charge in [-0.25, -0.2) is 0 Å². The minimum Gasteiger partial charge on any atom is -0.493 e. The number of halogens is 2. The molecule has 0 spiro atoms. The molecule has 3 N–H and O–H groups in total. The molecule has 3 rings (SSSR count). The Bertz CT molecular complexity index is 663. The van der Waals surface area contributed by atoms with E-state index in [-0.39, 0.29) is 6.04 Å². The van der Waals surface area contributed by atoms with Crippen LogP contribution in [0, 0.1) is 0 Å². The van der Waals surface area contributed by atoms with Gasteiger partial charge in [-0.3, -0.25) is 16.3 Å². The topological polar surface area (TPSA) is 60.2 Å². The molecule has 0 fully saturated rings. The van der Waals surface area contributed by atoms with Crippen LogP contribution in [-0.4, -0.2) is 11.6 Å². The van der Waals surface area contributed by atoms with Gasteiger partial charge in [0.05, 0.1) is 17.7 Å². The Labute approximate surface area is 133 Å². The lowest BCUT2D eigenvalue weighted by Crippen LogP contribution is -2.30. The number of hydrogen-bond donors (Lipinski definition) is 2. The number of nitrogens with zero attached hydrogens (tertiary/aromatic N) is 1. The first kappa shape index (κ1) is 14.6. The SMILES string of the molecule is NNC(Cc1cc(Cl)cc2c1OCC2)c1ccncc1Cl. The van der Waals surface area contributed by atoms with Crippen LogP contribution < -0.4 is 16.0 Å². The van der Waals surface area contributed by atoms with Crippen molar-refractivity contribution in [1.29, 1.82) is 0 Å². The summed E-state index contributed by atoms with van der Waals surface area (Å²) in [5.41, 5.74) is 5.89. The number of benzene rings is 1. The second-order valence-corrected chi connectivity index (χ2v) is 5.82. The molecule has 1 aliphatic heterocycles. The van der Waals surface area contributed by atoms with Gasteiger partial charge in [-0.15, -0.1) is 0 Å². The van der Waals surface area contributed by atoms with E-state index in [1.54, 1.807) is 12.4 Å². The lowest BCUT2D eigenvalue weighted by Gasteiger charge is -2.19. The second-order valence-electron chi connectivity index (χ2n) is 4.97. The van der Waals surface area contributed by atoms with E-state index in [1.165, 1.54) is 0 Å². The third kappa shape index (κ3) is 2.99. The number of rotatable bonds is 4. The van der Waals surface area contributed by atoms with Gasteiger partial charge in [0, 0.05) is 23.8 Å². The van der Waals surface area contributed by atoms with E-state index in [9.17, 15) is 0 Å². The molecule has 0 bridgehead atoms. The van der Waals surface area contributed by atoms with Crippen molar-refractivity contribution < 1.29 is 4.74 Å². The number of pyridine rings is 1. The molecule has 1 unspecified atom stereocenters. The number of nitrogens with two attached hydrogens (primary N) is 1. The van der Waals surface area contributed by atoms with Gasteiger partial charge in [0.15, 0.2) is 0 Å². The molecule has 1 atom stereocenters. The number of hydrazine groups is 1. The molecule has 2 heterocycles. The largest absolute Gasteiger partial charge is 0.493 e. The van der Waals surface area contributed by atoms with Crippen molar-refractivity contribution in [1.82, 2.24) is 10.4 Å². The highest BCUT2D eigenvalue weighted by atomic mass is 35.5. The quantitative estimate of drug-likeness (QED) is 0.670. The maximum Gasteiger partial charge on any atom is 0.125 e. The normalized spacial score (nSPS) is 14.6. The third-order valence-electron chi connectivity index (χ3n) is 3.63. The summed E-state index contributed by atoms with van der Waals surface area (Å²) in [4.78, 5) is 3.99. The number of ether oxygens (including phenoxy) is 1. The van der Waals surface area contributed by atoms with Crippen LogP contribution in [0.3, 0.4) is 0 Å². The Morgan fingerprint density at radius 2 is 2.24 bits per heavy atom. The summed E-state index contributed by atoms with van der Waals surface area (Å²) in [6.45, 7) is 0.694. The van der Waals surface area contributed by atoms with Crippen molar-refractivity contribution in [3.63, 3.8) is 0 Å². The Morgan fingerprint density at radius 1 is 1.38 bits per heavy atom. The van der Waals surface area contributed by atoms with Crippen molar-refractivity contribution >= 4 is 23.2 Å². The van der Waals surface area contributed by atoms with E-state index in [2.05, 4.69) is 10.4 Å². The first-order valence-electron chi connectivity index (χ1n) is 6.68. The van der Waals surface area contributed by atoms with Gasteiger partial charge >= 0.3 is 0 Å². The van der Waals surface area contributed by atoms with Gasteiger partial charge in [-0.05, 0) is 41.3 Å². The van der Waals surface area contributed by atoms with Crippen molar-refractivity contribution in [2.75, 3.05) is 6.61 Å². The van der Waals surface area contributed by atoms with Crippen molar-refractivity contribution in [2.24, 2.45) is 5.84 Å². The summed E-state index contributed by atoms with van der Waals surface area (Å²) in [6.07, 6.45) is 4.84. The van der Waals surface area contributed by atoms with Gasteiger partial charge in [-0.1, -0.05) is 23.2 Å². The highest BCUT2D eigenvalue weighted by Gasteiger charge is 2.21. The van der Waals surface area contributed by atoms with Crippen molar-refractivity contribution in [2.45, 2.75) is 18.9 Å². The zero-order valence-electron chi connectivity index (χ0n) is 11.3. The molecule has 2 aromatic rings. The van der Waals surface area contributed by atoms with Crippen LogP contribution >= 0.6 is 23.2 Å². The van der Waals surface area contributed by atoms with E-state index in [0.717, 1.165) is 28.9 Å².